The van der Waals surface area contributed by atoms with Gasteiger partial charge in [0.25, 0.3) is 0 Å². The minimum absolute atomic E-state index is 0.152. The van der Waals surface area contributed by atoms with Crippen LogP contribution in [0.2, 0.25) is 0 Å². The van der Waals surface area contributed by atoms with E-state index >= 15 is 0 Å². The van der Waals surface area contributed by atoms with Crippen molar-refractivity contribution in [2.45, 2.75) is 28.5 Å². The third kappa shape index (κ3) is 4.68. The van der Waals surface area contributed by atoms with Crippen molar-refractivity contribution in [3.63, 3.8) is 0 Å². The Morgan fingerprint density at radius 1 is 0.586 bits per heavy atom. The maximum Gasteiger partial charge on any atom is 0.169 e. The van der Waals surface area contributed by atoms with Gasteiger partial charge in [0.1, 0.15) is 11.5 Å². The average molecular weight is 509 g/mol. The van der Waals surface area contributed by atoms with Crippen LogP contribution >= 0.6 is 22.6 Å². The third-order valence-corrected chi connectivity index (χ3v) is 7.99. The molecule has 0 aliphatic carbocycles. The number of aryl methyl sites for hydroxylation is 2. The molecule has 3 heteroatoms. The minimum atomic E-state index is -0.152. The second kappa shape index (κ2) is 9.06. The predicted molar refractivity (Wildman–Crippen MR) is 130 cm³/mol. The molecule has 0 aliphatic heterocycles. The first-order valence-corrected chi connectivity index (χ1v) is 11.8. The van der Waals surface area contributed by atoms with Crippen LogP contribution < -0.4 is 4.74 Å². The molecular weight excluding hydrogens is 487 g/mol. The molecule has 1 nitrogen and oxygen atoms in total. The van der Waals surface area contributed by atoms with Crippen LogP contribution in [0.3, 0.4) is 0 Å². The summed E-state index contributed by atoms with van der Waals surface area (Å²) in [6.45, 7) is 4.39. The Kier molecular flexibility index (Phi) is 6.26. The predicted octanol–water partition coefficient (Wildman–Crippen LogP) is 7.80. The summed E-state index contributed by atoms with van der Waals surface area (Å²) in [5, 5.41) is 0. The van der Waals surface area contributed by atoms with Gasteiger partial charge >= 0.3 is 0 Å². The summed E-state index contributed by atoms with van der Waals surface area (Å²) in [6.07, 6.45) is 0. The maximum absolute atomic E-state index is 6.03. The molecule has 0 saturated carbocycles. The third-order valence-electron chi connectivity index (χ3n) is 4.74. The van der Waals surface area contributed by atoms with Crippen molar-refractivity contribution < 1.29 is 4.74 Å². The molecule has 0 fully saturated rings. The van der Waals surface area contributed by atoms with E-state index in [0.29, 0.717) is 0 Å². The Labute approximate surface area is 189 Å². The molecule has 0 amide bonds. The zero-order chi connectivity index (χ0) is 20.2. The van der Waals surface area contributed by atoms with Crippen molar-refractivity contribution in [2.24, 2.45) is 0 Å². The lowest BCUT2D eigenvalue weighted by Gasteiger charge is -2.12. The molecule has 4 rings (SSSR count). The van der Waals surface area contributed by atoms with Crippen molar-refractivity contribution in [2.75, 3.05) is 0 Å². The van der Waals surface area contributed by atoms with Crippen LogP contribution in [0.4, 0.5) is 0 Å². The van der Waals surface area contributed by atoms with E-state index in [1.807, 2.05) is 12.1 Å². The van der Waals surface area contributed by atoms with Gasteiger partial charge in [0.05, 0.1) is 10.9 Å². The highest BCUT2D eigenvalue weighted by Crippen LogP contribution is 2.35. The molecule has 0 N–H and O–H groups in total. The molecule has 0 radical (unpaired) electrons. The fourth-order valence-electron chi connectivity index (χ4n) is 3.23. The van der Waals surface area contributed by atoms with Crippen LogP contribution in [0.25, 0.3) is 0 Å². The molecule has 0 spiro atoms. The smallest absolute Gasteiger partial charge is 0.169 e. The van der Waals surface area contributed by atoms with E-state index in [4.69, 9.17) is 4.74 Å². The second-order valence-electron chi connectivity index (χ2n) is 6.86. The molecule has 0 saturated heterocycles. The van der Waals surface area contributed by atoms with Crippen LogP contribution in [-0.2, 0) is 10.9 Å². The van der Waals surface area contributed by atoms with Gasteiger partial charge in [-0.1, -0.05) is 36.4 Å². The van der Waals surface area contributed by atoms with Crippen LogP contribution in [0.5, 0.6) is 11.5 Å². The van der Waals surface area contributed by atoms with Crippen LogP contribution in [0.1, 0.15) is 11.1 Å². The highest BCUT2D eigenvalue weighted by atomic mass is 127. The maximum atomic E-state index is 6.03. The van der Waals surface area contributed by atoms with Crippen molar-refractivity contribution >= 4 is 33.5 Å². The van der Waals surface area contributed by atoms with Crippen molar-refractivity contribution in [1.29, 1.82) is 0 Å². The molecule has 0 unspecified atom stereocenters. The van der Waals surface area contributed by atoms with Crippen LogP contribution in [0.15, 0.2) is 112 Å². The quantitative estimate of drug-likeness (QED) is 0.197. The number of ether oxygens (including phenoxy) is 1. The summed E-state index contributed by atoms with van der Waals surface area (Å²) in [5.41, 5.74) is 2.64. The number of halogens is 1. The first-order chi connectivity index (χ1) is 14.1. The number of rotatable bonds is 5. The molecule has 4 aromatic carbocycles. The lowest BCUT2D eigenvalue weighted by molar-refractivity contribution is 0.482. The molecule has 0 heterocycles. The first-order valence-electron chi connectivity index (χ1n) is 9.51. The highest BCUT2D eigenvalue weighted by molar-refractivity contribution is 14.1. The minimum Gasteiger partial charge on any atom is -0.457 e. The Balaban J connectivity index is 1.71. The Hall–Kier alpha value is -2.24. The van der Waals surface area contributed by atoms with E-state index < -0.39 is 0 Å². The van der Waals surface area contributed by atoms with Gasteiger partial charge in [-0.3, -0.25) is 0 Å². The summed E-state index contributed by atoms with van der Waals surface area (Å²) in [6, 6.07) is 34.0. The fourth-order valence-corrected chi connectivity index (χ4v) is 5.95. The zero-order valence-corrected chi connectivity index (χ0v) is 19.4. The normalized spacial score (nSPS) is 10.9. The number of hydrogen-bond donors (Lipinski definition) is 0. The molecule has 29 heavy (non-hydrogen) atoms. The van der Waals surface area contributed by atoms with Crippen molar-refractivity contribution in [3.8, 4) is 11.5 Å². The molecule has 0 aliphatic rings. The number of hydrogen-bond acceptors (Lipinski definition) is 1. The summed E-state index contributed by atoms with van der Waals surface area (Å²) >= 11 is 2.30. The molecule has 0 atom stereocenters. The average Bonchev–Trinajstić information content (AvgIpc) is 2.74. The van der Waals surface area contributed by atoms with E-state index in [1.165, 1.54) is 29.4 Å². The Bertz CT molecular complexity index is 1060. The van der Waals surface area contributed by atoms with E-state index in [9.17, 15) is 0 Å². The largest absolute Gasteiger partial charge is 0.457 e. The van der Waals surface area contributed by atoms with E-state index in [2.05, 4.69) is 121 Å². The monoisotopic (exact) mass is 509 g/mol. The second-order valence-corrected chi connectivity index (χ2v) is 10.1. The molecule has 4 aromatic rings. The van der Waals surface area contributed by atoms with Gasteiger partial charge in [0.2, 0.25) is 0 Å². The van der Waals surface area contributed by atoms with E-state index in [0.717, 1.165) is 11.5 Å². The van der Waals surface area contributed by atoms with Crippen LogP contribution in [0, 0.1) is 17.4 Å². The lowest BCUT2D eigenvalue weighted by Crippen LogP contribution is -2.08. The van der Waals surface area contributed by atoms with Gasteiger partial charge in [-0.15, -0.1) is 0 Å². The first kappa shape index (κ1) is 20.0. The Morgan fingerprint density at radius 3 is 1.52 bits per heavy atom. The van der Waals surface area contributed by atoms with E-state index in [-0.39, 0.29) is 10.9 Å². The highest BCUT2D eigenvalue weighted by Gasteiger charge is 2.31. The topological polar surface area (TPSA) is 9.23 Å². The van der Waals surface area contributed by atoms with Gasteiger partial charge < -0.3 is 4.74 Å². The summed E-state index contributed by atoms with van der Waals surface area (Å²) in [7, 11) is -0.152. The van der Waals surface area contributed by atoms with Gasteiger partial charge in [0.15, 0.2) is 14.7 Å². The van der Waals surface area contributed by atoms with Crippen molar-refractivity contribution in [3.05, 3.63) is 112 Å². The summed E-state index contributed by atoms with van der Waals surface area (Å²) in [4.78, 5) is 4.03. The SMILES string of the molecule is Cc1ccccc1[S+](c1ccc(Oc2ccc(I)cc2)cc1)c1ccccc1C. The number of benzene rings is 4. The van der Waals surface area contributed by atoms with Crippen LogP contribution in [-0.4, -0.2) is 0 Å². The van der Waals surface area contributed by atoms with E-state index in [1.54, 1.807) is 0 Å². The van der Waals surface area contributed by atoms with Crippen molar-refractivity contribution in [1.82, 2.24) is 0 Å². The molecular formula is C26H22IOS+. The lowest BCUT2D eigenvalue weighted by atomic mass is 10.2. The Morgan fingerprint density at radius 2 is 1.03 bits per heavy atom. The van der Waals surface area contributed by atoms with Gasteiger partial charge in [-0.25, -0.2) is 0 Å². The zero-order valence-electron chi connectivity index (χ0n) is 16.4. The molecule has 0 bridgehead atoms. The molecule has 144 valence electrons. The van der Waals surface area contributed by atoms with Gasteiger partial charge in [-0.2, -0.15) is 0 Å². The van der Waals surface area contributed by atoms with Gasteiger partial charge in [-0.05, 0) is 97.1 Å². The standard InChI is InChI=1S/C26H22IOS/c1-19-7-3-5-9-25(19)29(26-10-6-4-8-20(26)2)24-17-15-23(16-18-24)28-22-13-11-21(27)12-14-22/h3-18H,1-2H3/q+1. The fraction of sp³-hybridized carbons (Fsp3) is 0.0769. The summed E-state index contributed by atoms with van der Waals surface area (Å²) < 4.78 is 7.23. The molecule has 0 aromatic heterocycles. The summed E-state index contributed by atoms with van der Waals surface area (Å²) in [5.74, 6) is 1.71. The van der Waals surface area contributed by atoms with Gasteiger partial charge in [0, 0.05) is 14.7 Å².